The number of ketones is 1. The Labute approximate surface area is 310 Å². The average Bonchev–Trinajstić information content (AvgIpc) is 3.10. The second-order valence-electron chi connectivity index (χ2n) is 14.4. The molecule has 3 atom stereocenters. The minimum absolute atomic E-state index is 0.000961. The van der Waals surface area contributed by atoms with Gasteiger partial charge < -0.3 is 35.3 Å². The molecule has 1 fully saturated rings. The van der Waals surface area contributed by atoms with Crippen molar-refractivity contribution in [2.45, 2.75) is 103 Å². The Bertz CT molecular complexity index is 1550. The Hall–Kier alpha value is -5.02. The first-order valence-corrected chi connectivity index (χ1v) is 17.8. The average molecular weight is 740 g/mol. The minimum atomic E-state index is -2.50. The van der Waals surface area contributed by atoms with E-state index in [9.17, 15) is 33.9 Å². The lowest BCUT2D eigenvalue weighted by molar-refractivity contribution is -0.156. The highest BCUT2D eigenvalue weighted by Crippen LogP contribution is 2.28. The summed E-state index contributed by atoms with van der Waals surface area (Å²) in [6.07, 6.45) is -3.02. The number of carbonyl (C=O) groups excluding carboxylic acids is 5. The van der Waals surface area contributed by atoms with Gasteiger partial charge >= 0.3 is 24.2 Å². The fraction of sp³-hybridized carbons (Fsp3) is 0.526. The van der Waals surface area contributed by atoms with Gasteiger partial charge in [-0.15, -0.1) is 0 Å². The van der Waals surface area contributed by atoms with Crippen LogP contribution in [0.1, 0.15) is 77.8 Å². The maximum atomic E-state index is 13.8. The van der Waals surface area contributed by atoms with Crippen LogP contribution in [0.5, 0.6) is 0 Å². The molecule has 0 radical (unpaired) electrons. The van der Waals surface area contributed by atoms with E-state index in [2.05, 4.69) is 10.6 Å². The molecular weight excluding hydrogens is 686 g/mol. The molecule has 0 saturated carbocycles. The number of amides is 4. The number of carbonyl (C=O) groups is 6. The zero-order chi connectivity index (χ0) is 39.2. The SMILES string of the molecule is CC(C)C[C@H](NC(=O)OCc1ccccc1)C(=O)N1CCC(N[C@@](CCCCN)(C(=O)O)N(C(=O)OCc2ccccc2)C(=O)OC(C)(C)C)C(=O)C1. The predicted molar refractivity (Wildman–Crippen MR) is 194 cm³/mol. The van der Waals surface area contributed by atoms with Crippen LogP contribution < -0.4 is 16.4 Å². The van der Waals surface area contributed by atoms with Crippen molar-refractivity contribution in [1.29, 1.82) is 0 Å². The number of aliphatic carboxylic acids is 1. The smallest absolute Gasteiger partial charge is 0.421 e. The van der Waals surface area contributed by atoms with E-state index < -0.39 is 65.8 Å². The molecule has 1 aliphatic rings. The van der Waals surface area contributed by atoms with Crippen LogP contribution in [0.4, 0.5) is 14.4 Å². The molecule has 2 aromatic carbocycles. The lowest BCUT2D eigenvalue weighted by atomic mass is 9.94. The van der Waals surface area contributed by atoms with Crippen molar-refractivity contribution < 1.29 is 48.1 Å². The molecule has 0 bridgehead atoms. The summed E-state index contributed by atoms with van der Waals surface area (Å²) >= 11 is 0. The van der Waals surface area contributed by atoms with Crippen LogP contribution in [0.25, 0.3) is 0 Å². The second kappa shape index (κ2) is 19.7. The number of carboxylic acid groups (broad SMARTS) is 1. The molecule has 15 heteroatoms. The Morgan fingerprint density at radius 1 is 0.925 bits per heavy atom. The van der Waals surface area contributed by atoms with Crippen molar-refractivity contribution in [2.24, 2.45) is 11.7 Å². The number of benzene rings is 2. The lowest BCUT2D eigenvalue weighted by Gasteiger charge is -2.43. The van der Waals surface area contributed by atoms with Crippen molar-refractivity contribution in [2.75, 3.05) is 19.6 Å². The third-order valence-electron chi connectivity index (χ3n) is 8.35. The highest BCUT2D eigenvalue weighted by Gasteiger charge is 2.54. The quantitative estimate of drug-likeness (QED) is 0.106. The summed E-state index contributed by atoms with van der Waals surface area (Å²) < 4.78 is 16.3. The van der Waals surface area contributed by atoms with Gasteiger partial charge in [0.05, 0.1) is 12.6 Å². The first kappa shape index (κ1) is 42.4. The normalized spacial score (nSPS) is 16.2. The third-order valence-corrected chi connectivity index (χ3v) is 8.35. The summed E-state index contributed by atoms with van der Waals surface area (Å²) in [5.41, 5.74) is 3.44. The Balaban J connectivity index is 1.85. The zero-order valence-electron chi connectivity index (χ0n) is 31.2. The fourth-order valence-electron chi connectivity index (χ4n) is 5.79. The van der Waals surface area contributed by atoms with Gasteiger partial charge in [0, 0.05) is 6.54 Å². The van der Waals surface area contributed by atoms with Gasteiger partial charge in [0.2, 0.25) is 11.6 Å². The number of nitrogens with zero attached hydrogens (tertiary/aromatic N) is 2. The van der Waals surface area contributed by atoms with Gasteiger partial charge in [0.1, 0.15) is 24.9 Å². The molecule has 2 aromatic rings. The van der Waals surface area contributed by atoms with Crippen molar-refractivity contribution >= 4 is 35.9 Å². The van der Waals surface area contributed by atoms with E-state index in [4.69, 9.17) is 19.9 Å². The topological polar surface area (TPSA) is 207 Å². The minimum Gasteiger partial charge on any atom is -0.478 e. The predicted octanol–water partition coefficient (Wildman–Crippen LogP) is 4.57. The van der Waals surface area contributed by atoms with E-state index in [0.29, 0.717) is 16.9 Å². The summed E-state index contributed by atoms with van der Waals surface area (Å²) in [4.78, 5) is 82.6. The fourth-order valence-corrected chi connectivity index (χ4v) is 5.79. The number of piperidine rings is 1. The van der Waals surface area contributed by atoms with Crippen LogP contribution in [0.15, 0.2) is 60.7 Å². The number of hydrogen-bond donors (Lipinski definition) is 4. The van der Waals surface area contributed by atoms with E-state index in [-0.39, 0.29) is 57.9 Å². The summed E-state index contributed by atoms with van der Waals surface area (Å²) in [5, 5.41) is 16.3. The number of imide groups is 1. The van der Waals surface area contributed by atoms with E-state index in [0.717, 1.165) is 5.56 Å². The summed E-state index contributed by atoms with van der Waals surface area (Å²) in [7, 11) is 0. The number of unbranched alkanes of at least 4 members (excludes halogenated alkanes) is 1. The summed E-state index contributed by atoms with van der Waals surface area (Å²) in [5.74, 6) is -2.70. The Morgan fingerprint density at radius 2 is 1.51 bits per heavy atom. The van der Waals surface area contributed by atoms with Gasteiger partial charge in [0.25, 0.3) is 0 Å². The second-order valence-corrected chi connectivity index (χ2v) is 14.4. The number of Topliss-reactive ketones (excluding diaryl/α,β-unsaturated/α-hetero) is 1. The van der Waals surface area contributed by atoms with Gasteiger partial charge in [-0.05, 0) is 76.5 Å². The number of likely N-dealkylation sites (tertiary alicyclic amines) is 1. The molecule has 1 heterocycles. The number of hydrogen-bond acceptors (Lipinski definition) is 11. The maximum absolute atomic E-state index is 13.8. The molecule has 0 aliphatic carbocycles. The number of rotatable bonds is 16. The molecular formula is C38H53N5O10. The highest BCUT2D eigenvalue weighted by atomic mass is 16.6. The zero-order valence-corrected chi connectivity index (χ0v) is 31.2. The monoisotopic (exact) mass is 739 g/mol. The van der Waals surface area contributed by atoms with Crippen molar-refractivity contribution in [3.63, 3.8) is 0 Å². The molecule has 4 amide bonds. The van der Waals surface area contributed by atoms with Crippen molar-refractivity contribution in [3.05, 3.63) is 71.8 Å². The molecule has 290 valence electrons. The molecule has 1 saturated heterocycles. The number of nitrogens with two attached hydrogens (primary N) is 1. The van der Waals surface area contributed by atoms with E-state index in [1.165, 1.54) is 4.90 Å². The van der Waals surface area contributed by atoms with E-state index >= 15 is 0 Å². The van der Waals surface area contributed by atoms with Gasteiger partial charge in [-0.25, -0.2) is 19.2 Å². The van der Waals surface area contributed by atoms with Gasteiger partial charge in [0.15, 0.2) is 5.78 Å². The van der Waals surface area contributed by atoms with Crippen LogP contribution in [0, 0.1) is 5.92 Å². The molecule has 15 nitrogen and oxygen atoms in total. The van der Waals surface area contributed by atoms with Crippen molar-refractivity contribution in [3.8, 4) is 0 Å². The summed E-state index contributed by atoms with van der Waals surface area (Å²) in [6, 6.07) is 15.5. The van der Waals surface area contributed by atoms with Crippen LogP contribution in [0.2, 0.25) is 0 Å². The van der Waals surface area contributed by atoms with Gasteiger partial charge in [-0.2, -0.15) is 4.90 Å². The molecule has 3 rings (SSSR count). The molecule has 1 unspecified atom stereocenters. The standard InChI is InChI=1S/C38H53N5O10/c1-26(2)22-30(40-34(48)51-24-27-14-8-6-9-15-27)32(45)42-21-18-29(31(44)23-42)41-38(33(46)47,19-12-13-20-39)43(36(50)53-37(3,4)5)35(49)52-25-28-16-10-7-11-17-28/h6-11,14-17,26,29-30,41H,12-13,18-25,39H2,1-5H3,(H,40,48)(H,46,47)/t29?,30-,38+/m0/s1. The number of ether oxygens (including phenoxy) is 3. The largest absolute Gasteiger partial charge is 0.478 e. The van der Waals surface area contributed by atoms with Crippen LogP contribution in [-0.2, 0) is 41.8 Å². The summed E-state index contributed by atoms with van der Waals surface area (Å²) in [6.45, 7) is 7.95. The molecule has 0 aromatic heterocycles. The highest BCUT2D eigenvalue weighted by molar-refractivity contribution is 5.97. The number of nitrogens with one attached hydrogen (secondary N) is 2. The Kier molecular flexibility index (Phi) is 15.8. The van der Waals surface area contributed by atoms with Crippen LogP contribution in [-0.4, -0.2) is 93.8 Å². The first-order chi connectivity index (χ1) is 25.1. The van der Waals surface area contributed by atoms with Crippen LogP contribution >= 0.6 is 0 Å². The Morgan fingerprint density at radius 3 is 2.02 bits per heavy atom. The van der Waals surface area contributed by atoms with Crippen LogP contribution in [0.3, 0.4) is 0 Å². The number of alkyl carbamates (subject to hydrolysis) is 1. The molecule has 1 aliphatic heterocycles. The van der Waals surface area contributed by atoms with Crippen molar-refractivity contribution in [1.82, 2.24) is 20.4 Å². The first-order valence-electron chi connectivity index (χ1n) is 17.8. The molecule has 5 N–H and O–H groups in total. The van der Waals surface area contributed by atoms with E-state index in [1.807, 2.05) is 32.0 Å². The molecule has 53 heavy (non-hydrogen) atoms. The number of carboxylic acids is 1. The lowest BCUT2D eigenvalue weighted by Crippen LogP contribution is -2.71. The molecule has 0 spiro atoms. The third kappa shape index (κ3) is 12.9. The van der Waals surface area contributed by atoms with E-state index in [1.54, 1.807) is 63.2 Å². The van der Waals surface area contributed by atoms with Gasteiger partial charge in [-0.3, -0.25) is 14.9 Å². The van der Waals surface area contributed by atoms with Gasteiger partial charge in [-0.1, -0.05) is 74.5 Å². The maximum Gasteiger partial charge on any atom is 0.421 e.